The van der Waals surface area contributed by atoms with Gasteiger partial charge in [0.1, 0.15) is 6.04 Å². The number of aromatic nitrogens is 2. The van der Waals surface area contributed by atoms with Crippen LogP contribution in [-0.2, 0) is 9.53 Å². The van der Waals surface area contributed by atoms with Gasteiger partial charge in [-0.1, -0.05) is 0 Å². The van der Waals surface area contributed by atoms with Gasteiger partial charge in [-0.3, -0.25) is 9.69 Å². The molecular formula is C17H25N5O3. The summed E-state index contributed by atoms with van der Waals surface area (Å²) in [7, 11) is 1.36. The third kappa shape index (κ3) is 4.00. The van der Waals surface area contributed by atoms with Gasteiger partial charge in [-0.15, -0.1) is 0 Å². The number of anilines is 1. The van der Waals surface area contributed by atoms with Crippen LogP contribution in [0.2, 0.25) is 0 Å². The molecule has 2 amide bonds. The zero-order valence-corrected chi connectivity index (χ0v) is 14.6. The number of nitrogens with zero attached hydrogens (tertiary/aromatic N) is 5. The molecule has 8 heteroatoms. The summed E-state index contributed by atoms with van der Waals surface area (Å²) in [6.45, 7) is 3.40. The Labute approximate surface area is 147 Å². The zero-order chi connectivity index (χ0) is 17.6. The molecule has 0 spiro atoms. The Morgan fingerprint density at radius 3 is 2.60 bits per heavy atom. The monoisotopic (exact) mass is 347 g/mol. The number of likely N-dealkylation sites (tertiary alicyclic amines) is 1. The first kappa shape index (κ1) is 17.4. The van der Waals surface area contributed by atoms with Crippen molar-refractivity contribution in [2.45, 2.75) is 31.7 Å². The molecule has 2 aliphatic rings. The van der Waals surface area contributed by atoms with E-state index in [9.17, 15) is 9.59 Å². The molecule has 3 rings (SSSR count). The van der Waals surface area contributed by atoms with Crippen LogP contribution in [0, 0.1) is 0 Å². The van der Waals surface area contributed by atoms with Gasteiger partial charge >= 0.3 is 6.09 Å². The van der Waals surface area contributed by atoms with E-state index in [1.54, 1.807) is 23.4 Å². The molecule has 0 unspecified atom stereocenters. The van der Waals surface area contributed by atoms with Crippen LogP contribution in [0.25, 0.3) is 0 Å². The van der Waals surface area contributed by atoms with Gasteiger partial charge in [0, 0.05) is 45.1 Å². The number of ether oxygens (including phenoxy) is 1. The first-order valence-corrected chi connectivity index (χ1v) is 8.86. The van der Waals surface area contributed by atoms with Crippen molar-refractivity contribution in [2.24, 2.45) is 0 Å². The van der Waals surface area contributed by atoms with Gasteiger partial charge in [0.25, 0.3) is 0 Å². The fourth-order valence-corrected chi connectivity index (χ4v) is 3.53. The van der Waals surface area contributed by atoms with Crippen LogP contribution in [0.1, 0.15) is 25.7 Å². The lowest BCUT2D eigenvalue weighted by molar-refractivity contribution is -0.137. The predicted molar refractivity (Wildman–Crippen MR) is 92.2 cm³/mol. The van der Waals surface area contributed by atoms with E-state index in [1.807, 2.05) is 4.90 Å². The van der Waals surface area contributed by atoms with Gasteiger partial charge < -0.3 is 14.5 Å². The molecule has 1 atom stereocenters. The number of carbonyl (C=O) groups excluding carboxylic acids is 2. The topological polar surface area (TPSA) is 78.9 Å². The summed E-state index contributed by atoms with van der Waals surface area (Å²) in [5, 5.41) is 0. The van der Waals surface area contributed by atoms with E-state index in [0.717, 1.165) is 25.8 Å². The van der Waals surface area contributed by atoms with Crippen LogP contribution in [0.3, 0.4) is 0 Å². The van der Waals surface area contributed by atoms with Crippen molar-refractivity contribution in [3.05, 3.63) is 18.5 Å². The maximum absolute atomic E-state index is 13.0. The molecule has 1 aromatic heterocycles. The number of hydrogen-bond donors (Lipinski definition) is 0. The van der Waals surface area contributed by atoms with Crippen LogP contribution in [0.5, 0.6) is 0 Å². The molecule has 25 heavy (non-hydrogen) atoms. The molecule has 3 heterocycles. The third-order valence-corrected chi connectivity index (χ3v) is 4.84. The quantitative estimate of drug-likeness (QED) is 0.798. The molecule has 0 N–H and O–H groups in total. The van der Waals surface area contributed by atoms with Gasteiger partial charge in [0.05, 0.1) is 7.11 Å². The number of carbonyl (C=O) groups is 2. The largest absolute Gasteiger partial charge is 0.453 e. The van der Waals surface area contributed by atoms with Gasteiger partial charge in [-0.25, -0.2) is 14.8 Å². The van der Waals surface area contributed by atoms with Crippen molar-refractivity contribution in [2.75, 3.05) is 44.7 Å². The zero-order valence-electron chi connectivity index (χ0n) is 14.6. The second kappa shape index (κ2) is 8.13. The second-order valence-corrected chi connectivity index (χ2v) is 6.39. The summed E-state index contributed by atoms with van der Waals surface area (Å²) < 4.78 is 4.85. The summed E-state index contributed by atoms with van der Waals surface area (Å²) in [5.41, 5.74) is 0. The van der Waals surface area contributed by atoms with Crippen molar-refractivity contribution < 1.29 is 14.3 Å². The highest BCUT2D eigenvalue weighted by molar-refractivity contribution is 5.86. The number of piperidine rings is 1. The smallest absolute Gasteiger partial charge is 0.410 e. The maximum Gasteiger partial charge on any atom is 0.410 e. The van der Waals surface area contributed by atoms with Crippen LogP contribution >= 0.6 is 0 Å². The molecule has 0 radical (unpaired) electrons. The Morgan fingerprint density at radius 2 is 1.84 bits per heavy atom. The Morgan fingerprint density at radius 1 is 1.04 bits per heavy atom. The Balaban J connectivity index is 1.65. The Bertz CT molecular complexity index is 597. The van der Waals surface area contributed by atoms with Crippen molar-refractivity contribution in [3.8, 4) is 0 Å². The minimum atomic E-state index is -0.410. The summed E-state index contributed by atoms with van der Waals surface area (Å²) in [6.07, 6.45) is 6.48. The number of rotatable bonds is 2. The minimum Gasteiger partial charge on any atom is -0.453 e. The van der Waals surface area contributed by atoms with Gasteiger partial charge in [-0.05, 0) is 31.7 Å². The number of hydrogen-bond acceptors (Lipinski definition) is 6. The SMILES string of the molecule is COC(=O)N1CCCC[C@H]1C(=O)N1CCCN(c2ncccn2)CC1. The van der Waals surface area contributed by atoms with E-state index < -0.39 is 12.1 Å². The van der Waals surface area contributed by atoms with Crippen molar-refractivity contribution in [1.82, 2.24) is 19.8 Å². The second-order valence-electron chi connectivity index (χ2n) is 6.39. The summed E-state index contributed by atoms with van der Waals surface area (Å²) in [6, 6.07) is 1.39. The van der Waals surface area contributed by atoms with Gasteiger partial charge in [0.2, 0.25) is 11.9 Å². The normalized spacial score (nSPS) is 21.6. The molecule has 136 valence electrons. The first-order valence-electron chi connectivity index (χ1n) is 8.86. The van der Waals surface area contributed by atoms with E-state index in [2.05, 4.69) is 14.9 Å². The highest BCUT2D eigenvalue weighted by Crippen LogP contribution is 2.21. The predicted octanol–water partition coefficient (Wildman–Crippen LogP) is 1.14. The molecule has 0 aromatic carbocycles. The molecule has 2 fully saturated rings. The average molecular weight is 347 g/mol. The molecule has 0 aliphatic carbocycles. The molecule has 1 aromatic rings. The first-order chi connectivity index (χ1) is 12.2. The summed E-state index contributed by atoms with van der Waals surface area (Å²) >= 11 is 0. The lowest BCUT2D eigenvalue weighted by atomic mass is 10.0. The molecule has 0 bridgehead atoms. The number of amides is 2. The lowest BCUT2D eigenvalue weighted by Crippen LogP contribution is -2.53. The van der Waals surface area contributed by atoms with Crippen LogP contribution < -0.4 is 4.90 Å². The highest BCUT2D eigenvalue weighted by Gasteiger charge is 2.35. The van der Waals surface area contributed by atoms with E-state index in [0.29, 0.717) is 38.5 Å². The summed E-state index contributed by atoms with van der Waals surface area (Å²) in [4.78, 5) is 39.1. The molecular weight excluding hydrogens is 322 g/mol. The minimum absolute atomic E-state index is 0.0286. The standard InChI is InChI=1S/C17H25N5O3/c1-25-17(24)22-11-3-2-6-14(22)15(23)20-9-5-10-21(13-12-20)16-18-7-4-8-19-16/h4,7-8,14H,2-3,5-6,9-13H2,1H3/t14-/m0/s1. The van der Waals surface area contributed by atoms with Crippen molar-refractivity contribution in [3.63, 3.8) is 0 Å². The lowest BCUT2D eigenvalue weighted by Gasteiger charge is -2.36. The van der Waals surface area contributed by atoms with Gasteiger partial charge in [0.15, 0.2) is 0 Å². The van der Waals surface area contributed by atoms with E-state index in [-0.39, 0.29) is 5.91 Å². The fraction of sp³-hybridized carbons (Fsp3) is 0.647. The van der Waals surface area contributed by atoms with E-state index in [1.165, 1.54) is 7.11 Å². The van der Waals surface area contributed by atoms with E-state index >= 15 is 0 Å². The number of methoxy groups -OCH3 is 1. The van der Waals surface area contributed by atoms with Crippen molar-refractivity contribution >= 4 is 17.9 Å². The van der Waals surface area contributed by atoms with Crippen molar-refractivity contribution in [1.29, 1.82) is 0 Å². The fourth-order valence-electron chi connectivity index (χ4n) is 3.53. The molecule has 0 saturated carbocycles. The molecule has 2 aliphatic heterocycles. The van der Waals surface area contributed by atoms with E-state index in [4.69, 9.17) is 4.74 Å². The highest BCUT2D eigenvalue weighted by atomic mass is 16.5. The molecule has 2 saturated heterocycles. The van der Waals surface area contributed by atoms with Crippen LogP contribution in [0.4, 0.5) is 10.7 Å². The average Bonchev–Trinajstić information content (AvgIpc) is 2.94. The molecule has 8 nitrogen and oxygen atoms in total. The van der Waals surface area contributed by atoms with Crippen LogP contribution in [0.15, 0.2) is 18.5 Å². The van der Waals surface area contributed by atoms with Crippen LogP contribution in [-0.4, -0.2) is 77.6 Å². The third-order valence-electron chi connectivity index (χ3n) is 4.84. The Hall–Kier alpha value is -2.38. The summed E-state index contributed by atoms with van der Waals surface area (Å²) in [5.74, 6) is 0.728. The maximum atomic E-state index is 13.0. The Kier molecular flexibility index (Phi) is 5.67. The van der Waals surface area contributed by atoms with Gasteiger partial charge in [-0.2, -0.15) is 0 Å².